The van der Waals surface area contributed by atoms with Crippen molar-refractivity contribution >= 4 is 26.8 Å². The van der Waals surface area contributed by atoms with Crippen molar-refractivity contribution in [2.45, 2.75) is 26.2 Å². The molecule has 0 unspecified atom stereocenters. The predicted octanol–water partition coefficient (Wildman–Crippen LogP) is 4.17. The Morgan fingerprint density at radius 3 is 2.53 bits per heavy atom. The van der Waals surface area contributed by atoms with Crippen LogP contribution in [0.25, 0.3) is 10.9 Å². The van der Waals surface area contributed by atoms with Crippen molar-refractivity contribution < 1.29 is 0 Å². The molecule has 0 N–H and O–H groups in total. The zero-order valence-electron chi connectivity index (χ0n) is 10.1. The molecule has 86 valence electrons. The van der Waals surface area contributed by atoms with Crippen LogP contribution in [0.2, 0.25) is 0 Å². The SMILES string of the molecule is CC(C)(C)c1cc(C#N)c2cc(Br)ccc2n1. The lowest BCUT2D eigenvalue weighted by Gasteiger charge is -2.18. The molecule has 1 aromatic carbocycles. The number of nitrogens with zero attached hydrogens (tertiary/aromatic N) is 2. The minimum atomic E-state index is -0.0487. The molecule has 0 saturated carbocycles. The Labute approximate surface area is 109 Å². The van der Waals surface area contributed by atoms with Crippen molar-refractivity contribution in [2.24, 2.45) is 0 Å². The van der Waals surface area contributed by atoms with Crippen molar-refractivity contribution in [3.8, 4) is 6.07 Å². The Kier molecular flexibility index (Phi) is 2.92. The fourth-order valence-corrected chi connectivity index (χ4v) is 2.04. The highest BCUT2D eigenvalue weighted by molar-refractivity contribution is 9.10. The van der Waals surface area contributed by atoms with E-state index in [1.807, 2.05) is 24.3 Å². The first-order chi connectivity index (χ1) is 7.91. The van der Waals surface area contributed by atoms with E-state index < -0.39 is 0 Å². The van der Waals surface area contributed by atoms with Crippen LogP contribution in [0.5, 0.6) is 0 Å². The van der Waals surface area contributed by atoms with Crippen LogP contribution in [-0.4, -0.2) is 4.98 Å². The number of halogens is 1. The molecular weight excluding hydrogens is 276 g/mol. The summed E-state index contributed by atoms with van der Waals surface area (Å²) in [4.78, 5) is 4.62. The molecule has 1 aromatic heterocycles. The van der Waals surface area contributed by atoms with Crippen LogP contribution in [0.4, 0.5) is 0 Å². The van der Waals surface area contributed by atoms with Crippen LogP contribution in [0.15, 0.2) is 28.7 Å². The third kappa shape index (κ3) is 2.32. The fourth-order valence-electron chi connectivity index (χ4n) is 1.67. The number of fused-ring (bicyclic) bond motifs is 1. The van der Waals surface area contributed by atoms with Gasteiger partial charge in [0.1, 0.15) is 0 Å². The van der Waals surface area contributed by atoms with Gasteiger partial charge in [0.05, 0.1) is 17.1 Å². The molecule has 0 saturated heterocycles. The summed E-state index contributed by atoms with van der Waals surface area (Å²) < 4.78 is 0.965. The second kappa shape index (κ2) is 4.12. The fraction of sp³-hybridized carbons (Fsp3) is 0.286. The molecule has 0 spiro atoms. The average Bonchev–Trinajstić information content (AvgIpc) is 2.26. The van der Waals surface area contributed by atoms with Crippen molar-refractivity contribution in [1.29, 1.82) is 5.26 Å². The van der Waals surface area contributed by atoms with E-state index in [1.165, 1.54) is 0 Å². The quantitative estimate of drug-likeness (QED) is 0.730. The van der Waals surface area contributed by atoms with Crippen LogP contribution < -0.4 is 0 Å². The van der Waals surface area contributed by atoms with Crippen molar-refractivity contribution in [3.05, 3.63) is 40.0 Å². The first kappa shape index (κ1) is 12.1. The number of hydrogen-bond donors (Lipinski definition) is 0. The molecule has 0 atom stereocenters. The van der Waals surface area contributed by atoms with E-state index in [2.05, 4.69) is 47.8 Å². The van der Waals surface area contributed by atoms with Gasteiger partial charge in [0, 0.05) is 21.0 Å². The Bertz CT molecular complexity index is 618. The van der Waals surface area contributed by atoms with E-state index >= 15 is 0 Å². The molecule has 2 aromatic rings. The smallest absolute Gasteiger partial charge is 0.0999 e. The molecule has 2 rings (SSSR count). The van der Waals surface area contributed by atoms with Crippen LogP contribution in [-0.2, 0) is 5.41 Å². The van der Waals surface area contributed by atoms with Crippen LogP contribution in [0.3, 0.4) is 0 Å². The largest absolute Gasteiger partial charge is 0.252 e. The van der Waals surface area contributed by atoms with Gasteiger partial charge in [-0.1, -0.05) is 36.7 Å². The van der Waals surface area contributed by atoms with E-state index in [9.17, 15) is 5.26 Å². The zero-order valence-corrected chi connectivity index (χ0v) is 11.7. The van der Waals surface area contributed by atoms with E-state index in [0.717, 1.165) is 21.1 Å². The lowest BCUT2D eigenvalue weighted by atomic mass is 9.90. The molecule has 3 heteroatoms. The standard InChI is InChI=1S/C14H13BrN2/c1-14(2,3)13-6-9(8-16)11-7-10(15)4-5-12(11)17-13/h4-7H,1-3H3. The Hall–Kier alpha value is -1.40. The summed E-state index contributed by atoms with van der Waals surface area (Å²) in [7, 11) is 0. The van der Waals surface area contributed by atoms with Gasteiger partial charge in [-0.15, -0.1) is 0 Å². The highest BCUT2D eigenvalue weighted by atomic mass is 79.9. The highest BCUT2D eigenvalue weighted by Gasteiger charge is 2.17. The number of hydrogen-bond acceptors (Lipinski definition) is 2. The summed E-state index contributed by atoms with van der Waals surface area (Å²) in [5.41, 5.74) is 2.45. The Morgan fingerprint density at radius 2 is 1.94 bits per heavy atom. The number of nitriles is 1. The van der Waals surface area contributed by atoms with Gasteiger partial charge in [0.25, 0.3) is 0 Å². The van der Waals surface area contributed by atoms with Crippen LogP contribution >= 0.6 is 15.9 Å². The number of pyridine rings is 1. The third-order valence-corrected chi connectivity index (χ3v) is 3.15. The molecule has 0 radical (unpaired) electrons. The van der Waals surface area contributed by atoms with E-state index in [0.29, 0.717) is 5.56 Å². The first-order valence-electron chi connectivity index (χ1n) is 5.43. The maximum Gasteiger partial charge on any atom is 0.0999 e. The summed E-state index contributed by atoms with van der Waals surface area (Å²) in [5.74, 6) is 0. The first-order valence-corrected chi connectivity index (χ1v) is 6.22. The van der Waals surface area contributed by atoms with E-state index in [4.69, 9.17) is 0 Å². The minimum absolute atomic E-state index is 0.0487. The number of rotatable bonds is 0. The second-order valence-corrected chi connectivity index (χ2v) is 5.99. The molecule has 0 amide bonds. The summed E-state index contributed by atoms with van der Waals surface area (Å²) in [6.45, 7) is 6.30. The summed E-state index contributed by atoms with van der Waals surface area (Å²) in [6.07, 6.45) is 0. The van der Waals surface area contributed by atoms with Gasteiger partial charge in [-0.3, -0.25) is 4.98 Å². The monoisotopic (exact) mass is 288 g/mol. The number of benzene rings is 1. The minimum Gasteiger partial charge on any atom is -0.252 e. The lowest BCUT2D eigenvalue weighted by Crippen LogP contribution is -2.13. The van der Waals surface area contributed by atoms with Gasteiger partial charge < -0.3 is 0 Å². The topological polar surface area (TPSA) is 36.7 Å². The second-order valence-electron chi connectivity index (χ2n) is 5.08. The van der Waals surface area contributed by atoms with E-state index in [-0.39, 0.29) is 5.41 Å². The van der Waals surface area contributed by atoms with Crippen LogP contribution in [0.1, 0.15) is 32.0 Å². The van der Waals surface area contributed by atoms with Crippen LogP contribution in [0, 0.1) is 11.3 Å². The van der Waals surface area contributed by atoms with Crippen molar-refractivity contribution in [1.82, 2.24) is 4.98 Å². The Balaban J connectivity index is 2.81. The van der Waals surface area contributed by atoms with E-state index in [1.54, 1.807) is 0 Å². The molecule has 2 nitrogen and oxygen atoms in total. The van der Waals surface area contributed by atoms with Gasteiger partial charge in [-0.2, -0.15) is 5.26 Å². The van der Waals surface area contributed by atoms with Crippen molar-refractivity contribution in [3.63, 3.8) is 0 Å². The molecule has 0 fully saturated rings. The molecule has 0 aliphatic heterocycles. The van der Waals surface area contributed by atoms with Gasteiger partial charge in [0.2, 0.25) is 0 Å². The molecule has 0 aliphatic rings. The summed E-state index contributed by atoms with van der Waals surface area (Å²) in [6, 6.07) is 9.96. The van der Waals surface area contributed by atoms with Gasteiger partial charge in [-0.05, 0) is 24.3 Å². The van der Waals surface area contributed by atoms with Gasteiger partial charge in [-0.25, -0.2) is 0 Å². The average molecular weight is 289 g/mol. The summed E-state index contributed by atoms with van der Waals surface area (Å²) >= 11 is 3.42. The predicted molar refractivity (Wildman–Crippen MR) is 72.9 cm³/mol. The molecule has 1 heterocycles. The molecule has 17 heavy (non-hydrogen) atoms. The molecular formula is C14H13BrN2. The molecule has 0 aliphatic carbocycles. The highest BCUT2D eigenvalue weighted by Crippen LogP contribution is 2.27. The Morgan fingerprint density at radius 1 is 1.24 bits per heavy atom. The third-order valence-electron chi connectivity index (χ3n) is 2.66. The maximum absolute atomic E-state index is 9.22. The maximum atomic E-state index is 9.22. The zero-order chi connectivity index (χ0) is 12.6. The lowest BCUT2D eigenvalue weighted by molar-refractivity contribution is 0.571. The van der Waals surface area contributed by atoms with Gasteiger partial charge >= 0.3 is 0 Å². The van der Waals surface area contributed by atoms with Crippen molar-refractivity contribution in [2.75, 3.05) is 0 Å². The summed E-state index contributed by atoms with van der Waals surface area (Å²) in [5, 5.41) is 10.1. The number of aromatic nitrogens is 1. The normalized spacial score (nSPS) is 11.5. The van der Waals surface area contributed by atoms with Gasteiger partial charge in [0.15, 0.2) is 0 Å². The molecule has 0 bridgehead atoms.